The second-order valence-electron chi connectivity index (χ2n) is 13.9. The summed E-state index contributed by atoms with van der Waals surface area (Å²) in [6.45, 7) is 6.49. The van der Waals surface area contributed by atoms with E-state index in [1.54, 1.807) is 19.1 Å². The van der Waals surface area contributed by atoms with Crippen molar-refractivity contribution >= 4 is 0 Å². The molecule has 13 atom stereocenters. The van der Waals surface area contributed by atoms with Crippen LogP contribution in [0.15, 0.2) is 24.3 Å². The largest absolute Gasteiger partial charge is 0.389 e. The molecule has 1 saturated heterocycles. The van der Waals surface area contributed by atoms with Gasteiger partial charge in [0.25, 0.3) is 0 Å². The first-order valence-corrected chi connectivity index (χ1v) is 15.2. The van der Waals surface area contributed by atoms with E-state index in [1.807, 2.05) is 6.07 Å². The van der Waals surface area contributed by atoms with E-state index in [0.29, 0.717) is 11.8 Å². The van der Waals surface area contributed by atoms with Crippen LogP contribution in [-0.4, -0.2) is 64.8 Å². The minimum atomic E-state index is -1.04. The van der Waals surface area contributed by atoms with Crippen LogP contribution < -0.4 is 0 Å². The SMILES string of the molecule is CO[C@H]1[C@H](O)[C@H](O[C@H]2CC[C@@]3(C)[C@H](CC[C@@H]4[C@@H]3CC[C@]3(C)[C@@H](c5cccc(F)c5)CC[C@]43O)C2)O[C@@H](C)[C@@H]1O. The predicted molar refractivity (Wildman–Crippen MR) is 144 cm³/mol. The van der Waals surface area contributed by atoms with Gasteiger partial charge >= 0.3 is 0 Å². The van der Waals surface area contributed by atoms with Crippen LogP contribution in [0, 0.1) is 34.4 Å². The van der Waals surface area contributed by atoms with Crippen molar-refractivity contribution in [1.29, 1.82) is 0 Å². The van der Waals surface area contributed by atoms with Gasteiger partial charge in [0.05, 0.1) is 17.8 Å². The number of methoxy groups -OCH3 is 1. The molecular weight excluding hydrogens is 499 g/mol. The van der Waals surface area contributed by atoms with Gasteiger partial charge in [0.2, 0.25) is 0 Å². The van der Waals surface area contributed by atoms with Crippen LogP contribution in [0.4, 0.5) is 4.39 Å². The Hall–Kier alpha value is -1.09. The van der Waals surface area contributed by atoms with E-state index >= 15 is 0 Å². The molecule has 39 heavy (non-hydrogen) atoms. The molecule has 0 unspecified atom stereocenters. The fraction of sp³-hybridized carbons (Fsp3) is 0.812. The second-order valence-corrected chi connectivity index (χ2v) is 13.9. The van der Waals surface area contributed by atoms with Crippen LogP contribution >= 0.6 is 0 Å². The van der Waals surface area contributed by atoms with Gasteiger partial charge < -0.3 is 29.5 Å². The Balaban J connectivity index is 1.17. The quantitative estimate of drug-likeness (QED) is 0.464. The molecule has 5 aliphatic rings. The van der Waals surface area contributed by atoms with Crippen molar-refractivity contribution in [3.05, 3.63) is 35.6 Å². The van der Waals surface area contributed by atoms with Gasteiger partial charge in [-0.2, -0.15) is 0 Å². The summed E-state index contributed by atoms with van der Waals surface area (Å²) < 4.78 is 31.7. The summed E-state index contributed by atoms with van der Waals surface area (Å²) in [4.78, 5) is 0. The zero-order chi connectivity index (χ0) is 27.7. The number of aliphatic hydroxyl groups is 3. The molecule has 0 amide bonds. The number of halogens is 1. The lowest BCUT2D eigenvalue weighted by atomic mass is 9.43. The highest BCUT2D eigenvalue weighted by atomic mass is 19.1. The van der Waals surface area contributed by atoms with E-state index in [9.17, 15) is 19.7 Å². The summed E-state index contributed by atoms with van der Waals surface area (Å²) in [5, 5.41) is 33.6. The molecule has 218 valence electrons. The van der Waals surface area contributed by atoms with E-state index in [2.05, 4.69) is 13.8 Å². The maximum absolute atomic E-state index is 14.1. The molecule has 6 rings (SSSR count). The molecule has 1 aromatic carbocycles. The van der Waals surface area contributed by atoms with Gasteiger partial charge in [0.1, 0.15) is 24.1 Å². The normalized spacial score (nSPS) is 51.6. The van der Waals surface area contributed by atoms with Gasteiger partial charge in [0, 0.05) is 12.5 Å². The van der Waals surface area contributed by atoms with Gasteiger partial charge in [-0.05, 0) is 111 Å². The zero-order valence-electron chi connectivity index (χ0n) is 23.9. The number of benzene rings is 1. The number of rotatable bonds is 4. The maximum Gasteiger partial charge on any atom is 0.186 e. The maximum atomic E-state index is 14.1. The number of fused-ring (bicyclic) bond motifs is 5. The lowest BCUT2D eigenvalue weighted by Crippen LogP contribution is -2.62. The zero-order valence-corrected chi connectivity index (χ0v) is 23.9. The molecule has 4 aliphatic carbocycles. The van der Waals surface area contributed by atoms with Gasteiger partial charge in [-0.25, -0.2) is 4.39 Å². The van der Waals surface area contributed by atoms with Crippen molar-refractivity contribution in [2.24, 2.45) is 28.6 Å². The first kappa shape index (κ1) is 28.0. The molecule has 0 bridgehead atoms. The van der Waals surface area contributed by atoms with Crippen molar-refractivity contribution in [1.82, 2.24) is 0 Å². The van der Waals surface area contributed by atoms with Crippen LogP contribution in [0.25, 0.3) is 0 Å². The Morgan fingerprint density at radius 1 is 0.974 bits per heavy atom. The fourth-order valence-corrected chi connectivity index (χ4v) is 10.1. The lowest BCUT2D eigenvalue weighted by Gasteiger charge is -2.64. The van der Waals surface area contributed by atoms with Crippen molar-refractivity contribution in [2.75, 3.05) is 7.11 Å². The van der Waals surface area contributed by atoms with Gasteiger partial charge in [-0.1, -0.05) is 26.0 Å². The standard InChI is InChI=1S/C32H47FO6/c1-18-26(34)28(37-4)27(35)29(38-18)39-22-10-13-30(2)20(17-22)8-9-25-24(30)11-14-31(3)23(12-15-32(25,31)36)19-6-5-7-21(33)16-19/h5-7,16,18,20,22-29,34-36H,8-15,17H2,1-4H3/t18-,20+,22-,23+,24-,25+,26-,27-,28+,29-,30-,31+,32-/m0/s1. The third-order valence-electron chi connectivity index (χ3n) is 12.4. The summed E-state index contributed by atoms with van der Waals surface area (Å²) in [6, 6.07) is 7.03. The molecule has 1 aromatic rings. The average molecular weight is 547 g/mol. The molecule has 4 saturated carbocycles. The van der Waals surface area contributed by atoms with Crippen LogP contribution in [0.3, 0.4) is 0 Å². The Bertz CT molecular complexity index is 1050. The minimum Gasteiger partial charge on any atom is -0.389 e. The fourth-order valence-electron chi connectivity index (χ4n) is 10.1. The molecule has 1 heterocycles. The summed E-state index contributed by atoms with van der Waals surface area (Å²) in [5.41, 5.74) is 0.218. The lowest BCUT2D eigenvalue weighted by molar-refractivity contribution is -0.313. The average Bonchev–Trinajstić information content (AvgIpc) is 3.19. The number of hydrogen-bond acceptors (Lipinski definition) is 6. The van der Waals surface area contributed by atoms with Crippen LogP contribution in [0.1, 0.15) is 90.0 Å². The first-order chi connectivity index (χ1) is 18.5. The third kappa shape index (κ3) is 4.25. The molecule has 0 aromatic heterocycles. The Labute approximate surface area is 232 Å². The van der Waals surface area contributed by atoms with Gasteiger partial charge in [0.15, 0.2) is 6.29 Å². The molecule has 6 nitrogen and oxygen atoms in total. The monoisotopic (exact) mass is 546 g/mol. The molecule has 0 spiro atoms. The Kier molecular flexibility index (Phi) is 7.21. The predicted octanol–water partition coefficient (Wildman–Crippen LogP) is 4.93. The van der Waals surface area contributed by atoms with E-state index in [-0.39, 0.29) is 34.6 Å². The molecule has 1 aliphatic heterocycles. The Morgan fingerprint density at radius 3 is 2.51 bits per heavy atom. The molecule has 5 fully saturated rings. The van der Waals surface area contributed by atoms with Crippen LogP contribution in [0.5, 0.6) is 0 Å². The second kappa shape index (κ2) is 10.0. The third-order valence-corrected chi connectivity index (χ3v) is 12.4. The van der Waals surface area contributed by atoms with Crippen molar-refractivity contribution in [2.45, 2.75) is 127 Å². The summed E-state index contributed by atoms with van der Waals surface area (Å²) in [6.07, 6.45) is 4.70. The summed E-state index contributed by atoms with van der Waals surface area (Å²) in [7, 11) is 1.49. The number of aliphatic hydroxyl groups excluding tert-OH is 2. The van der Waals surface area contributed by atoms with Crippen molar-refractivity contribution in [3.63, 3.8) is 0 Å². The highest BCUT2D eigenvalue weighted by Crippen LogP contribution is 2.70. The van der Waals surface area contributed by atoms with Crippen LogP contribution in [-0.2, 0) is 14.2 Å². The molecule has 3 N–H and O–H groups in total. The number of ether oxygens (including phenoxy) is 3. The van der Waals surface area contributed by atoms with Crippen molar-refractivity contribution < 1.29 is 33.9 Å². The topological polar surface area (TPSA) is 88.4 Å². The van der Waals surface area contributed by atoms with Crippen LogP contribution in [0.2, 0.25) is 0 Å². The minimum absolute atomic E-state index is 0.0139. The highest BCUT2D eigenvalue weighted by Gasteiger charge is 2.67. The van der Waals surface area contributed by atoms with E-state index in [0.717, 1.165) is 63.4 Å². The molecular formula is C32H47FO6. The highest BCUT2D eigenvalue weighted by molar-refractivity contribution is 5.30. The molecule has 7 heteroatoms. The first-order valence-electron chi connectivity index (χ1n) is 15.2. The Morgan fingerprint density at radius 2 is 1.77 bits per heavy atom. The van der Waals surface area contributed by atoms with Gasteiger partial charge in [-0.15, -0.1) is 0 Å². The summed E-state index contributed by atoms with van der Waals surface area (Å²) >= 11 is 0. The summed E-state index contributed by atoms with van der Waals surface area (Å²) in [5.74, 6) is 1.22. The number of hydrogen-bond donors (Lipinski definition) is 3. The van der Waals surface area contributed by atoms with Crippen molar-refractivity contribution in [3.8, 4) is 0 Å². The van der Waals surface area contributed by atoms with Gasteiger partial charge in [-0.3, -0.25) is 0 Å². The van der Waals surface area contributed by atoms with E-state index in [1.165, 1.54) is 13.2 Å². The van der Waals surface area contributed by atoms with E-state index < -0.39 is 36.3 Å². The molecule has 0 radical (unpaired) electrons. The smallest absolute Gasteiger partial charge is 0.186 e. The van der Waals surface area contributed by atoms with E-state index in [4.69, 9.17) is 14.2 Å².